The van der Waals surface area contributed by atoms with Crippen molar-refractivity contribution in [1.29, 1.82) is 0 Å². The minimum Gasteiger partial charge on any atom is -0.442 e. The van der Waals surface area contributed by atoms with Crippen LogP contribution in [0.2, 0.25) is 5.02 Å². The minimum atomic E-state index is -1.03. The molecule has 0 bridgehead atoms. The van der Waals surface area contributed by atoms with Crippen LogP contribution in [0.5, 0.6) is 0 Å². The van der Waals surface area contributed by atoms with Crippen molar-refractivity contribution in [3.63, 3.8) is 0 Å². The topological polar surface area (TPSA) is 87.7 Å². The lowest BCUT2D eigenvalue weighted by molar-refractivity contribution is -0.121. The maximum atomic E-state index is 14.6. The molecule has 2 unspecified atom stereocenters. The van der Waals surface area contributed by atoms with E-state index in [4.69, 9.17) is 16.3 Å². The maximum Gasteiger partial charge on any atom is 0.414 e. The van der Waals surface area contributed by atoms with E-state index in [1.165, 1.54) is 4.90 Å². The number of anilines is 1. The molecule has 0 aliphatic carbocycles. The van der Waals surface area contributed by atoms with Crippen molar-refractivity contribution in [3.05, 3.63) is 64.7 Å². The zero-order valence-corrected chi connectivity index (χ0v) is 19.4. The van der Waals surface area contributed by atoms with Gasteiger partial charge in [-0.25, -0.2) is 9.18 Å². The lowest BCUT2D eigenvalue weighted by Crippen LogP contribution is -2.38. The fourth-order valence-electron chi connectivity index (χ4n) is 4.37. The minimum absolute atomic E-state index is 0.0300. The van der Waals surface area contributed by atoms with Crippen molar-refractivity contribution < 1.29 is 23.5 Å². The Hall–Kier alpha value is -2.97. The predicted octanol–water partition coefficient (Wildman–Crippen LogP) is 3.86. The van der Waals surface area contributed by atoms with Crippen LogP contribution in [0.4, 0.5) is 14.9 Å². The monoisotopic (exact) mass is 487 g/mol. The number of hydrogen-bond donors (Lipinski definition) is 2. The Morgan fingerprint density at radius 2 is 1.91 bits per heavy atom. The van der Waals surface area contributed by atoms with Crippen LogP contribution in [0, 0.1) is 0 Å². The summed E-state index contributed by atoms with van der Waals surface area (Å²) in [6.07, 6.45) is -1.34. The number of carbonyl (C=O) groups excluding carboxylic acids is 3. The quantitative estimate of drug-likeness (QED) is 0.552. The SMILES string of the molecule is O=C(CCC(=O)c1ccc(Cl)cc1)NC[C@H]1CN(c2ccccc2C2CCNCC2F)C(=O)O1. The van der Waals surface area contributed by atoms with Gasteiger partial charge in [0.15, 0.2) is 5.78 Å². The van der Waals surface area contributed by atoms with Gasteiger partial charge in [-0.2, -0.15) is 0 Å². The predicted molar refractivity (Wildman–Crippen MR) is 127 cm³/mol. The van der Waals surface area contributed by atoms with Crippen LogP contribution >= 0.6 is 11.6 Å². The number of halogens is 2. The lowest BCUT2D eigenvalue weighted by atomic mass is 9.87. The van der Waals surface area contributed by atoms with Crippen LogP contribution in [-0.4, -0.2) is 56.2 Å². The molecular formula is C25H27ClFN3O4. The maximum absolute atomic E-state index is 14.6. The Balaban J connectivity index is 1.30. The first-order valence-electron chi connectivity index (χ1n) is 11.4. The van der Waals surface area contributed by atoms with Gasteiger partial charge in [0.25, 0.3) is 0 Å². The van der Waals surface area contributed by atoms with Crippen LogP contribution < -0.4 is 15.5 Å². The third-order valence-electron chi connectivity index (χ3n) is 6.18. The molecule has 34 heavy (non-hydrogen) atoms. The summed E-state index contributed by atoms with van der Waals surface area (Å²) < 4.78 is 20.0. The highest BCUT2D eigenvalue weighted by Gasteiger charge is 2.36. The van der Waals surface area contributed by atoms with Gasteiger partial charge in [-0.05, 0) is 48.9 Å². The standard InChI is InChI=1S/C25H27ClFN3O4/c26-17-7-5-16(6-8-17)23(31)9-10-24(32)29-13-18-15-30(25(33)34-18)22-4-2-1-3-20(22)19-11-12-28-14-21(19)27/h1-8,18-19,21,28H,9-15H2,(H,29,32)/t18-,19?,21?/m0/s1. The number of hydrogen-bond acceptors (Lipinski definition) is 5. The normalized spacial score (nSPS) is 22.4. The van der Waals surface area contributed by atoms with Crippen LogP contribution in [-0.2, 0) is 9.53 Å². The average Bonchev–Trinajstić information content (AvgIpc) is 3.22. The van der Waals surface area contributed by atoms with E-state index in [-0.39, 0.29) is 43.5 Å². The number of cyclic esters (lactones) is 1. The number of ketones is 1. The van der Waals surface area contributed by atoms with Crippen molar-refractivity contribution in [2.75, 3.05) is 31.1 Å². The van der Waals surface area contributed by atoms with E-state index >= 15 is 0 Å². The van der Waals surface area contributed by atoms with Crippen LogP contribution in [0.25, 0.3) is 0 Å². The third-order valence-corrected chi connectivity index (χ3v) is 6.43. The number of piperidine rings is 1. The largest absolute Gasteiger partial charge is 0.442 e. The summed E-state index contributed by atoms with van der Waals surface area (Å²) in [6.45, 7) is 1.40. The summed E-state index contributed by atoms with van der Waals surface area (Å²) in [4.78, 5) is 38.5. The number of Topliss-reactive ketones (excluding diaryl/α,β-unsaturated/α-hetero) is 1. The first-order valence-corrected chi connectivity index (χ1v) is 11.8. The van der Waals surface area contributed by atoms with E-state index in [9.17, 15) is 18.8 Å². The molecule has 2 fully saturated rings. The van der Waals surface area contributed by atoms with Crippen LogP contribution in [0.15, 0.2) is 48.5 Å². The number of para-hydroxylation sites is 1. The number of alkyl halides is 1. The van der Waals surface area contributed by atoms with Crippen molar-refractivity contribution in [1.82, 2.24) is 10.6 Å². The molecule has 4 rings (SSSR count). The molecule has 2 N–H and O–H groups in total. The zero-order chi connectivity index (χ0) is 24.1. The molecule has 2 amide bonds. The van der Waals surface area contributed by atoms with Crippen molar-refractivity contribution in [3.8, 4) is 0 Å². The molecule has 2 aliphatic heterocycles. The second-order valence-corrected chi connectivity index (χ2v) is 8.96. The fraction of sp³-hybridized carbons (Fsp3) is 0.400. The summed E-state index contributed by atoms with van der Waals surface area (Å²) in [5, 5.41) is 6.32. The van der Waals surface area contributed by atoms with Gasteiger partial charge in [0.2, 0.25) is 5.91 Å². The molecule has 3 atom stereocenters. The van der Waals surface area contributed by atoms with Gasteiger partial charge >= 0.3 is 6.09 Å². The number of rotatable bonds is 8. The highest BCUT2D eigenvalue weighted by atomic mass is 35.5. The Kier molecular flexibility index (Phi) is 7.80. The highest BCUT2D eigenvalue weighted by molar-refractivity contribution is 6.30. The molecule has 7 nitrogen and oxygen atoms in total. The number of amides is 2. The Morgan fingerprint density at radius 1 is 1.15 bits per heavy atom. The molecule has 2 heterocycles. The van der Waals surface area contributed by atoms with E-state index in [0.717, 1.165) is 12.1 Å². The Labute approximate surface area is 202 Å². The lowest BCUT2D eigenvalue weighted by Gasteiger charge is -2.30. The second kappa shape index (κ2) is 11.0. The summed E-state index contributed by atoms with van der Waals surface area (Å²) >= 11 is 5.83. The third kappa shape index (κ3) is 5.74. The first kappa shape index (κ1) is 24.2. The van der Waals surface area contributed by atoms with E-state index in [2.05, 4.69) is 10.6 Å². The molecule has 180 valence electrons. The number of nitrogens with one attached hydrogen (secondary N) is 2. The number of ether oxygens (including phenoxy) is 1. The molecule has 2 aromatic carbocycles. The van der Waals surface area contributed by atoms with E-state index in [1.54, 1.807) is 30.3 Å². The Morgan fingerprint density at radius 3 is 2.68 bits per heavy atom. The van der Waals surface area contributed by atoms with Crippen molar-refractivity contribution >= 4 is 35.1 Å². The smallest absolute Gasteiger partial charge is 0.414 e. The molecule has 0 radical (unpaired) electrons. The van der Waals surface area contributed by atoms with Gasteiger partial charge in [0.05, 0.1) is 18.8 Å². The molecule has 0 aromatic heterocycles. The number of nitrogens with zero attached hydrogens (tertiary/aromatic N) is 1. The second-order valence-electron chi connectivity index (χ2n) is 8.52. The number of benzene rings is 2. The Bertz CT molecular complexity index is 1050. The van der Waals surface area contributed by atoms with Gasteiger partial charge in [-0.3, -0.25) is 14.5 Å². The van der Waals surface area contributed by atoms with Crippen molar-refractivity contribution in [2.24, 2.45) is 0 Å². The molecule has 2 aromatic rings. The highest BCUT2D eigenvalue weighted by Crippen LogP contribution is 2.36. The molecule has 0 spiro atoms. The molecule has 2 saturated heterocycles. The van der Waals surface area contributed by atoms with Gasteiger partial charge in [0, 0.05) is 35.9 Å². The van der Waals surface area contributed by atoms with Gasteiger partial charge < -0.3 is 15.4 Å². The summed E-state index contributed by atoms with van der Waals surface area (Å²) in [7, 11) is 0. The summed E-state index contributed by atoms with van der Waals surface area (Å²) in [6, 6.07) is 13.8. The van der Waals surface area contributed by atoms with Crippen molar-refractivity contribution in [2.45, 2.75) is 37.5 Å². The van der Waals surface area contributed by atoms with E-state index in [1.807, 2.05) is 18.2 Å². The fourth-order valence-corrected chi connectivity index (χ4v) is 4.49. The molecule has 0 saturated carbocycles. The molecule has 9 heteroatoms. The molecule has 2 aliphatic rings. The van der Waals surface area contributed by atoms with E-state index < -0.39 is 18.4 Å². The first-order chi connectivity index (χ1) is 16.4. The van der Waals surface area contributed by atoms with Gasteiger partial charge in [-0.1, -0.05) is 29.8 Å². The van der Waals surface area contributed by atoms with Gasteiger partial charge in [0.1, 0.15) is 12.3 Å². The summed E-state index contributed by atoms with van der Waals surface area (Å²) in [5.74, 6) is -0.736. The number of carbonyl (C=O) groups is 3. The van der Waals surface area contributed by atoms with Crippen LogP contribution in [0.3, 0.4) is 0 Å². The van der Waals surface area contributed by atoms with E-state index in [0.29, 0.717) is 29.2 Å². The summed E-state index contributed by atoms with van der Waals surface area (Å²) in [5.41, 5.74) is 1.93. The van der Waals surface area contributed by atoms with Crippen LogP contribution in [0.1, 0.15) is 41.1 Å². The molecular weight excluding hydrogens is 461 g/mol. The zero-order valence-electron chi connectivity index (χ0n) is 18.6. The van der Waals surface area contributed by atoms with Gasteiger partial charge in [-0.15, -0.1) is 0 Å². The average molecular weight is 488 g/mol.